The van der Waals surface area contributed by atoms with E-state index in [9.17, 15) is 9.36 Å². The Morgan fingerprint density at radius 1 is 1.05 bits per heavy atom. The van der Waals surface area contributed by atoms with Gasteiger partial charge in [0.15, 0.2) is 0 Å². The molecular formula is C16H16MgO3P+. The molecule has 0 spiro atoms. The smallest absolute Gasteiger partial charge is 0.241 e. The van der Waals surface area contributed by atoms with Crippen molar-refractivity contribution < 1.29 is 13.9 Å². The maximum Gasteiger partial charge on any atom is 0.545 e. The lowest BCUT2D eigenvalue weighted by Crippen LogP contribution is -2.07. The van der Waals surface area contributed by atoms with Gasteiger partial charge in [0.25, 0.3) is 0 Å². The normalized spacial score (nSPS) is 10.0. The molecule has 0 N–H and O–H groups in total. The number of rotatable bonds is 3. The molecule has 0 saturated heterocycles. The zero-order valence-corrected chi connectivity index (χ0v) is 14.8. The second-order valence-electron chi connectivity index (χ2n) is 4.72. The van der Waals surface area contributed by atoms with E-state index in [0.29, 0.717) is 5.56 Å². The van der Waals surface area contributed by atoms with Crippen molar-refractivity contribution in [3.63, 3.8) is 0 Å². The van der Waals surface area contributed by atoms with E-state index in [1.165, 1.54) is 0 Å². The third-order valence-electron chi connectivity index (χ3n) is 3.37. The predicted octanol–water partition coefficient (Wildman–Crippen LogP) is 3.99. The fourth-order valence-electron chi connectivity index (χ4n) is 2.64. The molecule has 0 saturated carbocycles. The summed E-state index contributed by atoms with van der Waals surface area (Å²) in [5.74, 6) is -0.537. The van der Waals surface area contributed by atoms with Crippen LogP contribution in [0.2, 0.25) is 0 Å². The molecule has 0 bridgehead atoms. The summed E-state index contributed by atoms with van der Waals surface area (Å²) in [6.07, 6.45) is 0. The molecule has 2 aromatic carbocycles. The summed E-state index contributed by atoms with van der Waals surface area (Å²) in [6.45, 7) is 5.78. The Kier molecular flexibility index (Phi) is 6.53. The van der Waals surface area contributed by atoms with Crippen molar-refractivity contribution >= 4 is 37.7 Å². The van der Waals surface area contributed by atoms with Gasteiger partial charge in [0, 0.05) is 23.1 Å². The van der Waals surface area contributed by atoms with Crippen LogP contribution in [0.15, 0.2) is 36.4 Å². The molecule has 0 aliphatic carbocycles. The highest BCUT2D eigenvalue weighted by molar-refractivity contribution is 7.18. The second kappa shape index (κ2) is 7.69. The lowest BCUT2D eigenvalue weighted by molar-refractivity contribution is 0.0754. The van der Waals surface area contributed by atoms with Crippen LogP contribution in [0.4, 0.5) is 0 Å². The highest BCUT2D eigenvalue weighted by Gasteiger charge is 2.21. The van der Waals surface area contributed by atoms with Crippen molar-refractivity contribution in [2.75, 3.05) is 0 Å². The van der Waals surface area contributed by atoms with Crippen molar-refractivity contribution in [3.05, 3.63) is 58.7 Å². The Bertz CT molecular complexity index is 669. The molecule has 3 nitrogen and oxygen atoms in total. The summed E-state index contributed by atoms with van der Waals surface area (Å²) < 4.78 is 15.2. The first-order valence-electron chi connectivity index (χ1n) is 6.30. The molecular weight excluding hydrogens is 295 g/mol. The minimum absolute atomic E-state index is 0. The van der Waals surface area contributed by atoms with Crippen LogP contribution in [0.25, 0.3) is 11.1 Å². The van der Waals surface area contributed by atoms with Gasteiger partial charge in [0.1, 0.15) is 0 Å². The molecule has 2 rings (SSSR count). The number of hydrogen-bond acceptors (Lipinski definition) is 3. The van der Waals surface area contributed by atoms with Gasteiger partial charge in [-0.1, -0.05) is 36.4 Å². The van der Waals surface area contributed by atoms with E-state index in [1.807, 2.05) is 57.2 Å². The van der Waals surface area contributed by atoms with Gasteiger partial charge in [0.2, 0.25) is 0 Å². The molecule has 0 fully saturated rings. The molecule has 1 atom stereocenters. The van der Waals surface area contributed by atoms with Crippen LogP contribution < -0.4 is 0 Å². The molecule has 0 heterocycles. The first kappa shape index (κ1) is 17.8. The highest BCUT2D eigenvalue weighted by atomic mass is 31.1. The van der Waals surface area contributed by atoms with Crippen LogP contribution >= 0.6 is 8.69 Å². The van der Waals surface area contributed by atoms with E-state index >= 15 is 0 Å². The molecule has 0 aliphatic rings. The van der Waals surface area contributed by atoms with Gasteiger partial charge in [-0.05, 0) is 53.2 Å². The molecule has 2 aromatic rings. The summed E-state index contributed by atoms with van der Waals surface area (Å²) in [6, 6.07) is 11.9. The van der Waals surface area contributed by atoms with Gasteiger partial charge < -0.3 is 0 Å². The van der Waals surface area contributed by atoms with Crippen molar-refractivity contribution in [2.45, 2.75) is 20.8 Å². The lowest BCUT2D eigenvalue weighted by Gasteiger charge is -2.15. The quantitative estimate of drug-likeness (QED) is 0.636. The molecule has 5 heteroatoms. The maximum absolute atomic E-state index is 12.0. The zero-order chi connectivity index (χ0) is 14.7. The molecule has 1 unspecified atom stereocenters. The van der Waals surface area contributed by atoms with E-state index < -0.39 is 14.7 Å². The van der Waals surface area contributed by atoms with Crippen LogP contribution in [-0.2, 0) is 9.09 Å². The third kappa shape index (κ3) is 3.70. The van der Waals surface area contributed by atoms with E-state index in [-0.39, 0.29) is 23.1 Å². The minimum Gasteiger partial charge on any atom is -0.241 e. The van der Waals surface area contributed by atoms with Crippen molar-refractivity contribution in [1.82, 2.24) is 0 Å². The van der Waals surface area contributed by atoms with Gasteiger partial charge in [-0.15, -0.1) is 0 Å². The molecule has 104 valence electrons. The standard InChI is InChI=1S/C16H16O3P.Mg/c1-10-9-11(2)15(16(17)19-20-18)12(3)14(10)13-7-5-4-6-8-13;/h4-9,20H,1-3H3;/q+1;. The molecule has 0 aliphatic heterocycles. The second-order valence-corrected chi connectivity index (χ2v) is 5.10. The van der Waals surface area contributed by atoms with Crippen LogP contribution in [0.5, 0.6) is 0 Å². The number of carbonyl (C=O) groups is 1. The number of hydrogen-bond donors (Lipinski definition) is 0. The number of carbonyl (C=O) groups excluding carboxylic acids is 1. The minimum atomic E-state index is -1.08. The SMILES string of the molecule is Cc1cc(C)c(-c2ccccc2)c(C)c1C(=O)O[PH+]=O.[Mg]. The molecule has 21 heavy (non-hydrogen) atoms. The van der Waals surface area contributed by atoms with E-state index in [2.05, 4.69) is 4.52 Å². The number of aryl methyl sites for hydroxylation is 2. The fourth-order valence-corrected chi connectivity index (χ4v) is 2.82. The van der Waals surface area contributed by atoms with Crippen molar-refractivity contribution in [2.24, 2.45) is 0 Å². The Morgan fingerprint density at radius 2 is 1.67 bits per heavy atom. The first-order chi connectivity index (χ1) is 9.56. The summed E-state index contributed by atoms with van der Waals surface area (Å²) in [5, 5.41) is 0. The summed E-state index contributed by atoms with van der Waals surface area (Å²) >= 11 is 0. The van der Waals surface area contributed by atoms with Gasteiger partial charge in [0.05, 0.1) is 5.56 Å². The van der Waals surface area contributed by atoms with E-state index in [1.54, 1.807) is 0 Å². The molecule has 0 aromatic heterocycles. The van der Waals surface area contributed by atoms with Crippen molar-refractivity contribution in [3.8, 4) is 11.1 Å². The Balaban J connectivity index is 0.00000220. The highest BCUT2D eigenvalue weighted by Crippen LogP contribution is 2.32. The van der Waals surface area contributed by atoms with Gasteiger partial charge >= 0.3 is 14.7 Å². The third-order valence-corrected chi connectivity index (χ3v) is 3.64. The average Bonchev–Trinajstić information content (AvgIpc) is 2.39. The van der Waals surface area contributed by atoms with E-state index in [0.717, 1.165) is 27.8 Å². The largest absolute Gasteiger partial charge is 0.545 e. The summed E-state index contributed by atoms with van der Waals surface area (Å²) in [7, 11) is -1.08. The summed E-state index contributed by atoms with van der Waals surface area (Å²) in [4.78, 5) is 12.0. The lowest BCUT2D eigenvalue weighted by atomic mass is 9.89. The molecule has 0 amide bonds. The van der Waals surface area contributed by atoms with Crippen LogP contribution in [0.1, 0.15) is 27.0 Å². The Hall–Kier alpha value is -1.22. The zero-order valence-electron chi connectivity index (χ0n) is 12.4. The van der Waals surface area contributed by atoms with Crippen LogP contribution in [-0.4, -0.2) is 29.0 Å². The maximum atomic E-state index is 12.0. The van der Waals surface area contributed by atoms with Crippen LogP contribution in [0.3, 0.4) is 0 Å². The topological polar surface area (TPSA) is 43.4 Å². The Labute approximate surface area is 142 Å². The predicted molar refractivity (Wildman–Crippen MR) is 86.3 cm³/mol. The van der Waals surface area contributed by atoms with Gasteiger partial charge in [-0.3, -0.25) is 0 Å². The fraction of sp³-hybridized carbons (Fsp3) is 0.188. The first-order valence-corrected chi connectivity index (χ1v) is 7.12. The van der Waals surface area contributed by atoms with Gasteiger partial charge in [-0.2, -0.15) is 0 Å². The van der Waals surface area contributed by atoms with Crippen molar-refractivity contribution in [1.29, 1.82) is 0 Å². The van der Waals surface area contributed by atoms with E-state index in [4.69, 9.17) is 0 Å². The summed E-state index contributed by atoms with van der Waals surface area (Å²) in [5.41, 5.74) is 5.38. The molecule has 2 radical (unpaired) electrons. The van der Waals surface area contributed by atoms with Gasteiger partial charge in [-0.25, -0.2) is 9.32 Å². The Morgan fingerprint density at radius 3 is 2.24 bits per heavy atom. The van der Waals surface area contributed by atoms with Crippen LogP contribution in [0, 0.1) is 20.8 Å². The average molecular weight is 312 g/mol. The number of benzene rings is 2. The monoisotopic (exact) mass is 311 g/mol.